The number of nitrogens with zero attached hydrogens (tertiary/aromatic N) is 2. The van der Waals surface area contributed by atoms with E-state index in [1.807, 2.05) is 26.8 Å². The molecule has 0 aromatic heterocycles. The van der Waals surface area contributed by atoms with Crippen molar-refractivity contribution in [2.24, 2.45) is 10.7 Å². The molecule has 0 bridgehead atoms. The van der Waals surface area contributed by atoms with Gasteiger partial charge in [-0.05, 0) is 26.8 Å². The third-order valence-corrected chi connectivity index (χ3v) is 2.21. The summed E-state index contributed by atoms with van der Waals surface area (Å²) in [7, 11) is 1.80. The molecule has 3 nitrogen and oxygen atoms in total. The molecule has 0 amide bonds. The number of aliphatic imine (C=N–C) groups is 1. The van der Waals surface area contributed by atoms with Gasteiger partial charge in [-0.25, -0.2) is 9.38 Å². The number of benzene rings is 1. The molecule has 0 aliphatic rings. The summed E-state index contributed by atoms with van der Waals surface area (Å²) in [6.07, 6.45) is 0. The van der Waals surface area contributed by atoms with E-state index in [9.17, 15) is 4.39 Å². The van der Waals surface area contributed by atoms with Crippen molar-refractivity contribution in [3.63, 3.8) is 0 Å². The van der Waals surface area contributed by atoms with Gasteiger partial charge in [0.15, 0.2) is 5.96 Å². The molecular formula is C13H20FN3. The second-order valence-corrected chi connectivity index (χ2v) is 5.09. The van der Waals surface area contributed by atoms with Gasteiger partial charge in [0.2, 0.25) is 0 Å². The molecule has 0 aliphatic heterocycles. The Morgan fingerprint density at radius 3 is 2.47 bits per heavy atom. The Morgan fingerprint density at radius 1 is 1.35 bits per heavy atom. The largest absolute Gasteiger partial charge is 0.370 e. The van der Waals surface area contributed by atoms with Crippen LogP contribution in [0.2, 0.25) is 0 Å². The molecule has 0 radical (unpaired) electrons. The van der Waals surface area contributed by atoms with Crippen LogP contribution in [-0.4, -0.2) is 23.4 Å². The van der Waals surface area contributed by atoms with Gasteiger partial charge >= 0.3 is 0 Å². The Morgan fingerprint density at radius 2 is 1.94 bits per heavy atom. The van der Waals surface area contributed by atoms with E-state index in [-0.39, 0.29) is 11.4 Å². The van der Waals surface area contributed by atoms with E-state index in [1.165, 1.54) is 6.07 Å². The first kappa shape index (κ1) is 13.5. The minimum absolute atomic E-state index is 0.220. The summed E-state index contributed by atoms with van der Waals surface area (Å²) in [5, 5.41) is 0. The van der Waals surface area contributed by atoms with Gasteiger partial charge in [-0.15, -0.1) is 0 Å². The quantitative estimate of drug-likeness (QED) is 0.634. The fourth-order valence-electron chi connectivity index (χ4n) is 1.39. The molecule has 0 atom stereocenters. The van der Waals surface area contributed by atoms with E-state index >= 15 is 0 Å². The molecule has 0 saturated carbocycles. The summed E-state index contributed by atoms with van der Waals surface area (Å²) in [5.74, 6) is 0.198. The average Bonchev–Trinajstić information content (AvgIpc) is 2.18. The monoisotopic (exact) mass is 237 g/mol. The summed E-state index contributed by atoms with van der Waals surface area (Å²) in [6, 6.07) is 6.67. The van der Waals surface area contributed by atoms with E-state index in [1.54, 1.807) is 24.1 Å². The third-order valence-electron chi connectivity index (χ3n) is 2.21. The van der Waals surface area contributed by atoms with Crippen molar-refractivity contribution in [3.05, 3.63) is 35.6 Å². The lowest BCUT2D eigenvalue weighted by molar-refractivity contribution is 0.460. The van der Waals surface area contributed by atoms with Gasteiger partial charge in [-0.3, -0.25) is 0 Å². The highest BCUT2D eigenvalue weighted by Crippen LogP contribution is 2.10. The second-order valence-electron chi connectivity index (χ2n) is 5.09. The zero-order valence-corrected chi connectivity index (χ0v) is 10.9. The minimum Gasteiger partial charge on any atom is -0.370 e. The molecule has 0 spiro atoms. The first-order valence-electron chi connectivity index (χ1n) is 5.59. The van der Waals surface area contributed by atoms with Gasteiger partial charge in [0.25, 0.3) is 0 Å². The molecule has 0 saturated heterocycles. The highest BCUT2D eigenvalue weighted by atomic mass is 19.1. The summed E-state index contributed by atoms with van der Waals surface area (Å²) in [6.45, 7) is 6.32. The maximum atomic E-state index is 13.4. The molecule has 2 N–H and O–H groups in total. The highest BCUT2D eigenvalue weighted by molar-refractivity contribution is 5.78. The number of hydrogen-bond acceptors (Lipinski definition) is 1. The summed E-state index contributed by atoms with van der Waals surface area (Å²) < 4.78 is 13.4. The fraction of sp³-hybridized carbons (Fsp3) is 0.462. The lowest BCUT2D eigenvalue weighted by atomic mass is 10.1. The molecule has 1 aromatic rings. The standard InChI is InChI=1S/C13H20FN3/c1-13(2,3)16-12(15)17(4)9-10-7-5-6-8-11(10)14/h5-8H,9H2,1-4H3,(H2,15,16). The normalized spacial score (nSPS) is 12.6. The van der Waals surface area contributed by atoms with Crippen molar-refractivity contribution in [1.82, 2.24) is 4.90 Å². The molecule has 0 fully saturated rings. The van der Waals surface area contributed by atoms with Gasteiger partial charge in [0, 0.05) is 19.2 Å². The van der Waals surface area contributed by atoms with Crippen molar-refractivity contribution in [3.8, 4) is 0 Å². The zero-order valence-electron chi connectivity index (χ0n) is 10.9. The Labute approximate surface area is 102 Å². The van der Waals surface area contributed by atoms with E-state index in [2.05, 4.69) is 4.99 Å². The predicted molar refractivity (Wildman–Crippen MR) is 69.2 cm³/mol. The summed E-state index contributed by atoms with van der Waals surface area (Å²) in [5.41, 5.74) is 6.24. The number of nitrogens with two attached hydrogens (primary N) is 1. The van der Waals surface area contributed by atoms with Crippen LogP contribution in [-0.2, 0) is 6.54 Å². The highest BCUT2D eigenvalue weighted by Gasteiger charge is 2.12. The van der Waals surface area contributed by atoms with Crippen LogP contribution in [0, 0.1) is 5.82 Å². The maximum Gasteiger partial charge on any atom is 0.191 e. The van der Waals surface area contributed by atoms with Crippen LogP contribution in [0.15, 0.2) is 29.3 Å². The van der Waals surface area contributed by atoms with E-state index in [0.717, 1.165) is 0 Å². The van der Waals surface area contributed by atoms with Gasteiger partial charge in [-0.1, -0.05) is 18.2 Å². The van der Waals surface area contributed by atoms with Crippen LogP contribution < -0.4 is 5.73 Å². The molecule has 94 valence electrons. The Bertz CT molecular complexity index is 407. The van der Waals surface area contributed by atoms with E-state index < -0.39 is 0 Å². The van der Waals surface area contributed by atoms with Crippen molar-refractivity contribution >= 4 is 5.96 Å². The van der Waals surface area contributed by atoms with Gasteiger partial charge in [-0.2, -0.15) is 0 Å². The average molecular weight is 237 g/mol. The molecule has 4 heteroatoms. The molecule has 0 aliphatic carbocycles. The van der Waals surface area contributed by atoms with Crippen molar-refractivity contribution in [2.45, 2.75) is 32.9 Å². The van der Waals surface area contributed by atoms with Crippen LogP contribution >= 0.6 is 0 Å². The Hall–Kier alpha value is -1.58. The molecule has 0 heterocycles. The van der Waals surface area contributed by atoms with Crippen LogP contribution in [0.3, 0.4) is 0 Å². The molecule has 1 rings (SSSR count). The van der Waals surface area contributed by atoms with E-state index in [4.69, 9.17) is 5.73 Å². The number of halogens is 1. The molecule has 1 aromatic carbocycles. The molecular weight excluding hydrogens is 217 g/mol. The Kier molecular flexibility index (Phi) is 4.10. The smallest absolute Gasteiger partial charge is 0.191 e. The van der Waals surface area contributed by atoms with Crippen LogP contribution in [0.5, 0.6) is 0 Å². The van der Waals surface area contributed by atoms with Crippen molar-refractivity contribution in [1.29, 1.82) is 0 Å². The van der Waals surface area contributed by atoms with Gasteiger partial charge in [0.05, 0.1) is 5.54 Å². The third kappa shape index (κ3) is 4.43. The first-order valence-corrected chi connectivity index (χ1v) is 5.59. The molecule has 0 unspecified atom stereocenters. The van der Waals surface area contributed by atoms with Gasteiger partial charge < -0.3 is 10.6 Å². The van der Waals surface area contributed by atoms with Crippen LogP contribution in [0.25, 0.3) is 0 Å². The van der Waals surface area contributed by atoms with Gasteiger partial charge in [0.1, 0.15) is 5.82 Å². The topological polar surface area (TPSA) is 41.6 Å². The van der Waals surface area contributed by atoms with E-state index in [0.29, 0.717) is 18.1 Å². The predicted octanol–water partition coefficient (Wildman–Crippen LogP) is 2.37. The number of hydrogen-bond donors (Lipinski definition) is 1. The lowest BCUT2D eigenvalue weighted by Gasteiger charge is -2.22. The minimum atomic E-state index is -0.229. The maximum absolute atomic E-state index is 13.4. The van der Waals surface area contributed by atoms with Crippen LogP contribution in [0.1, 0.15) is 26.3 Å². The van der Waals surface area contributed by atoms with Crippen LogP contribution in [0.4, 0.5) is 4.39 Å². The zero-order chi connectivity index (χ0) is 13.1. The summed E-state index contributed by atoms with van der Waals surface area (Å²) in [4.78, 5) is 6.07. The van der Waals surface area contributed by atoms with Crippen molar-refractivity contribution in [2.75, 3.05) is 7.05 Å². The SMILES string of the molecule is CN(Cc1ccccc1F)C(N)=NC(C)(C)C. The fourth-order valence-corrected chi connectivity index (χ4v) is 1.39. The second kappa shape index (κ2) is 5.17. The first-order chi connectivity index (χ1) is 7.79. The number of rotatable bonds is 2. The van der Waals surface area contributed by atoms with Crippen molar-refractivity contribution < 1.29 is 4.39 Å². The summed E-state index contributed by atoms with van der Waals surface area (Å²) >= 11 is 0. The number of guanidine groups is 1. The molecule has 17 heavy (non-hydrogen) atoms. The lowest BCUT2D eigenvalue weighted by Crippen LogP contribution is -2.36. The Balaban J connectivity index is 2.77.